The number of nitrogens with one attached hydrogen (secondary N) is 2. The Morgan fingerprint density at radius 2 is 1.67 bits per heavy atom. The standard InChI is InChI=1S/C11H12F2N2O3/c1-18-6-9(16)14-7-2-4-8(5-3-7)15-11(17)10(12)13/h2-5,10H,6H2,1H3,(H,14,16)(H,15,17). The zero-order valence-electron chi connectivity index (χ0n) is 9.57. The van der Waals surface area contributed by atoms with Gasteiger partial charge in [0.15, 0.2) is 0 Å². The lowest BCUT2D eigenvalue weighted by molar-refractivity contribution is -0.126. The van der Waals surface area contributed by atoms with Gasteiger partial charge >= 0.3 is 6.43 Å². The predicted molar refractivity (Wildman–Crippen MR) is 61.6 cm³/mol. The maximum Gasteiger partial charge on any atom is 0.315 e. The molecule has 0 bridgehead atoms. The van der Waals surface area contributed by atoms with Crippen molar-refractivity contribution in [1.82, 2.24) is 0 Å². The van der Waals surface area contributed by atoms with E-state index in [9.17, 15) is 18.4 Å². The fourth-order valence-corrected chi connectivity index (χ4v) is 1.16. The molecule has 1 aromatic rings. The third-order valence-corrected chi connectivity index (χ3v) is 1.91. The number of amides is 2. The van der Waals surface area contributed by atoms with E-state index in [0.717, 1.165) is 0 Å². The van der Waals surface area contributed by atoms with E-state index in [4.69, 9.17) is 0 Å². The normalized spacial score (nSPS) is 10.2. The van der Waals surface area contributed by atoms with Gasteiger partial charge in [-0.2, -0.15) is 8.78 Å². The fourth-order valence-electron chi connectivity index (χ4n) is 1.16. The quantitative estimate of drug-likeness (QED) is 0.840. The maximum atomic E-state index is 12.0. The van der Waals surface area contributed by atoms with E-state index in [1.54, 1.807) is 0 Å². The number of alkyl halides is 2. The third kappa shape index (κ3) is 4.46. The lowest BCUT2D eigenvalue weighted by Gasteiger charge is -2.07. The molecule has 0 saturated carbocycles. The summed E-state index contributed by atoms with van der Waals surface area (Å²) in [7, 11) is 1.39. The first-order valence-electron chi connectivity index (χ1n) is 5.01. The molecule has 0 aliphatic heterocycles. The number of halogens is 2. The lowest BCUT2D eigenvalue weighted by atomic mass is 10.2. The summed E-state index contributed by atoms with van der Waals surface area (Å²) in [5.41, 5.74) is 0.706. The van der Waals surface area contributed by atoms with Crippen LogP contribution in [-0.4, -0.2) is 32.0 Å². The van der Waals surface area contributed by atoms with Gasteiger partial charge in [-0.3, -0.25) is 9.59 Å². The van der Waals surface area contributed by atoms with Gasteiger partial charge in [-0.1, -0.05) is 0 Å². The van der Waals surface area contributed by atoms with Crippen LogP contribution in [0.4, 0.5) is 20.2 Å². The lowest BCUT2D eigenvalue weighted by Crippen LogP contribution is -2.20. The summed E-state index contributed by atoms with van der Waals surface area (Å²) in [4.78, 5) is 21.9. The number of anilines is 2. The number of hydrogen-bond acceptors (Lipinski definition) is 3. The molecule has 0 saturated heterocycles. The number of methoxy groups -OCH3 is 1. The number of ether oxygens (including phenoxy) is 1. The molecule has 98 valence electrons. The minimum Gasteiger partial charge on any atom is -0.375 e. The highest BCUT2D eigenvalue weighted by atomic mass is 19.3. The molecule has 0 spiro atoms. The van der Waals surface area contributed by atoms with Crippen LogP contribution in [0.15, 0.2) is 24.3 Å². The van der Waals surface area contributed by atoms with E-state index < -0.39 is 12.3 Å². The number of rotatable bonds is 5. The molecule has 1 aromatic carbocycles. The Morgan fingerprint density at radius 3 is 2.11 bits per heavy atom. The average molecular weight is 258 g/mol. The Labute approximate surface area is 102 Å². The summed E-state index contributed by atoms with van der Waals surface area (Å²) in [6.07, 6.45) is -3.06. The van der Waals surface area contributed by atoms with E-state index in [-0.39, 0.29) is 18.2 Å². The molecule has 0 atom stereocenters. The summed E-state index contributed by atoms with van der Waals surface area (Å²) in [6.45, 7) is -0.0795. The molecule has 7 heteroatoms. The highest BCUT2D eigenvalue weighted by Gasteiger charge is 2.14. The third-order valence-electron chi connectivity index (χ3n) is 1.91. The van der Waals surface area contributed by atoms with Crippen molar-refractivity contribution < 1.29 is 23.1 Å². The molecule has 0 aromatic heterocycles. The number of benzene rings is 1. The molecule has 0 aliphatic rings. The van der Waals surface area contributed by atoms with E-state index in [1.165, 1.54) is 31.4 Å². The van der Waals surface area contributed by atoms with Crippen LogP contribution in [0.5, 0.6) is 0 Å². The maximum absolute atomic E-state index is 12.0. The molecule has 2 N–H and O–H groups in total. The number of carbonyl (C=O) groups is 2. The summed E-state index contributed by atoms with van der Waals surface area (Å²) in [5.74, 6) is -1.70. The van der Waals surface area contributed by atoms with Gasteiger partial charge in [0.2, 0.25) is 5.91 Å². The highest BCUT2D eigenvalue weighted by molar-refractivity contribution is 5.94. The van der Waals surface area contributed by atoms with Crippen molar-refractivity contribution in [3.05, 3.63) is 24.3 Å². The smallest absolute Gasteiger partial charge is 0.315 e. The predicted octanol–water partition coefficient (Wildman–Crippen LogP) is 1.48. The van der Waals surface area contributed by atoms with Crippen molar-refractivity contribution in [3.63, 3.8) is 0 Å². The highest BCUT2D eigenvalue weighted by Crippen LogP contribution is 2.14. The zero-order chi connectivity index (χ0) is 13.5. The molecular weight excluding hydrogens is 246 g/mol. The number of hydrogen-bond donors (Lipinski definition) is 2. The first-order chi connectivity index (χ1) is 8.52. The van der Waals surface area contributed by atoms with Crippen LogP contribution in [0.2, 0.25) is 0 Å². The van der Waals surface area contributed by atoms with Crippen molar-refractivity contribution in [2.45, 2.75) is 6.43 Å². The van der Waals surface area contributed by atoms with Crippen LogP contribution >= 0.6 is 0 Å². The monoisotopic (exact) mass is 258 g/mol. The average Bonchev–Trinajstić information content (AvgIpc) is 2.31. The Hall–Kier alpha value is -2.02. The molecule has 0 unspecified atom stereocenters. The molecule has 0 fully saturated rings. The molecule has 2 amide bonds. The van der Waals surface area contributed by atoms with E-state index in [0.29, 0.717) is 5.69 Å². The summed E-state index contributed by atoms with van der Waals surface area (Å²) in [5, 5.41) is 4.54. The Bertz CT molecular complexity index is 421. The van der Waals surface area contributed by atoms with Gasteiger partial charge in [0.1, 0.15) is 6.61 Å². The van der Waals surface area contributed by atoms with Crippen LogP contribution in [0, 0.1) is 0 Å². The minimum atomic E-state index is -3.06. The SMILES string of the molecule is COCC(=O)Nc1ccc(NC(=O)C(F)F)cc1. The van der Waals surface area contributed by atoms with Gasteiger partial charge in [-0.15, -0.1) is 0 Å². The van der Waals surface area contributed by atoms with Crippen LogP contribution in [0.3, 0.4) is 0 Å². The summed E-state index contributed by atoms with van der Waals surface area (Å²) < 4.78 is 28.6. The zero-order valence-corrected chi connectivity index (χ0v) is 9.57. The summed E-state index contributed by atoms with van der Waals surface area (Å²) in [6, 6.07) is 5.77. The summed E-state index contributed by atoms with van der Waals surface area (Å²) >= 11 is 0. The van der Waals surface area contributed by atoms with Crippen molar-refractivity contribution in [3.8, 4) is 0 Å². The van der Waals surface area contributed by atoms with Crippen molar-refractivity contribution in [2.24, 2.45) is 0 Å². The van der Waals surface area contributed by atoms with Gasteiger partial charge in [0.25, 0.3) is 5.91 Å². The van der Waals surface area contributed by atoms with Crippen LogP contribution < -0.4 is 10.6 Å². The van der Waals surface area contributed by atoms with Crippen molar-refractivity contribution in [2.75, 3.05) is 24.4 Å². The van der Waals surface area contributed by atoms with Crippen LogP contribution in [0.1, 0.15) is 0 Å². The molecule has 18 heavy (non-hydrogen) atoms. The van der Waals surface area contributed by atoms with Gasteiger partial charge < -0.3 is 15.4 Å². The Balaban J connectivity index is 2.57. The van der Waals surface area contributed by atoms with Gasteiger partial charge in [-0.05, 0) is 24.3 Å². The second-order valence-electron chi connectivity index (χ2n) is 3.35. The topological polar surface area (TPSA) is 67.4 Å². The second-order valence-corrected chi connectivity index (χ2v) is 3.35. The first kappa shape index (κ1) is 14.0. The van der Waals surface area contributed by atoms with Gasteiger partial charge in [0.05, 0.1) is 0 Å². The van der Waals surface area contributed by atoms with Gasteiger partial charge in [0, 0.05) is 18.5 Å². The Morgan fingerprint density at radius 1 is 1.17 bits per heavy atom. The van der Waals surface area contributed by atoms with Crippen LogP contribution in [0.25, 0.3) is 0 Å². The second kappa shape index (κ2) is 6.65. The fraction of sp³-hybridized carbons (Fsp3) is 0.273. The van der Waals surface area contributed by atoms with Crippen LogP contribution in [-0.2, 0) is 14.3 Å². The molecule has 0 aliphatic carbocycles. The number of carbonyl (C=O) groups excluding carboxylic acids is 2. The van der Waals surface area contributed by atoms with Crippen molar-refractivity contribution in [1.29, 1.82) is 0 Å². The van der Waals surface area contributed by atoms with E-state index in [2.05, 4.69) is 10.1 Å². The van der Waals surface area contributed by atoms with Gasteiger partial charge in [-0.25, -0.2) is 0 Å². The van der Waals surface area contributed by atoms with E-state index in [1.807, 2.05) is 5.32 Å². The van der Waals surface area contributed by atoms with Crippen molar-refractivity contribution >= 4 is 23.2 Å². The molecule has 0 heterocycles. The van der Waals surface area contributed by atoms with E-state index >= 15 is 0 Å². The molecule has 0 radical (unpaired) electrons. The largest absolute Gasteiger partial charge is 0.375 e. The molecule has 5 nitrogen and oxygen atoms in total. The molecule has 1 rings (SSSR count). The minimum absolute atomic E-state index is 0.0795. The first-order valence-corrected chi connectivity index (χ1v) is 5.01. The Kier molecular flexibility index (Phi) is 5.19. The molecular formula is C11H12F2N2O3.